The molecule has 0 radical (unpaired) electrons. The minimum atomic E-state index is -0.270. The Morgan fingerprint density at radius 3 is 2.24 bits per heavy atom. The van der Waals surface area contributed by atoms with Gasteiger partial charge in [0, 0.05) is 24.2 Å². The molecule has 0 saturated carbocycles. The molecule has 3 aromatic carbocycles. The average Bonchev–Trinajstić information content (AvgIpc) is 3.29. The van der Waals surface area contributed by atoms with Crippen LogP contribution in [0.25, 0.3) is 39.3 Å². The molecule has 0 N–H and O–H groups in total. The molecule has 1 saturated heterocycles. The quantitative estimate of drug-likeness (QED) is 0.352. The van der Waals surface area contributed by atoms with Crippen molar-refractivity contribution in [3.63, 3.8) is 0 Å². The molecule has 5 nitrogen and oxygen atoms in total. The predicted octanol–water partition coefficient (Wildman–Crippen LogP) is 5.71. The van der Waals surface area contributed by atoms with E-state index in [-0.39, 0.29) is 5.82 Å². The molecule has 6 heteroatoms. The second kappa shape index (κ2) is 8.72. The van der Waals surface area contributed by atoms with Crippen molar-refractivity contribution >= 4 is 11.5 Å². The first-order chi connectivity index (χ1) is 16.8. The van der Waals surface area contributed by atoms with Crippen molar-refractivity contribution in [3.8, 4) is 33.6 Å². The lowest BCUT2D eigenvalue weighted by Gasteiger charge is -2.27. The molecule has 34 heavy (non-hydrogen) atoms. The number of nitrogens with zero attached hydrogens (tertiary/aromatic N) is 4. The molecule has 1 aliphatic heterocycles. The number of benzene rings is 3. The Labute approximate surface area is 197 Å². The fourth-order valence-corrected chi connectivity index (χ4v) is 4.43. The maximum atomic E-state index is 13.7. The molecule has 5 aromatic rings. The molecule has 1 aliphatic rings. The molecule has 168 valence electrons. The summed E-state index contributed by atoms with van der Waals surface area (Å²) in [6, 6.07) is 29.2. The average molecular weight is 451 g/mol. The van der Waals surface area contributed by atoms with E-state index in [0.29, 0.717) is 13.2 Å². The van der Waals surface area contributed by atoms with Gasteiger partial charge in [-0.05, 0) is 53.6 Å². The fraction of sp³-hybridized carbons (Fsp3) is 0.143. The largest absolute Gasteiger partial charge is 0.378 e. The van der Waals surface area contributed by atoms with Crippen molar-refractivity contribution in [2.75, 3.05) is 31.2 Å². The molecule has 0 aliphatic carbocycles. The highest BCUT2D eigenvalue weighted by Crippen LogP contribution is 2.35. The Balaban J connectivity index is 1.55. The van der Waals surface area contributed by atoms with Gasteiger partial charge in [0.1, 0.15) is 17.3 Å². The summed E-state index contributed by atoms with van der Waals surface area (Å²) in [6.07, 6.45) is 0. The van der Waals surface area contributed by atoms with E-state index in [0.717, 1.165) is 58.2 Å². The van der Waals surface area contributed by atoms with Gasteiger partial charge in [0.2, 0.25) is 0 Å². The van der Waals surface area contributed by atoms with Crippen molar-refractivity contribution in [2.45, 2.75) is 0 Å². The zero-order chi connectivity index (χ0) is 22.9. The number of morpholine rings is 1. The van der Waals surface area contributed by atoms with Gasteiger partial charge in [-0.3, -0.25) is 0 Å². The summed E-state index contributed by atoms with van der Waals surface area (Å²) in [4.78, 5) is 7.14. The summed E-state index contributed by atoms with van der Waals surface area (Å²) in [5.74, 6) is 0.618. The second-order valence-electron chi connectivity index (χ2n) is 8.32. The van der Waals surface area contributed by atoms with Crippen LogP contribution in [-0.4, -0.2) is 40.9 Å². The third kappa shape index (κ3) is 3.82. The summed E-state index contributed by atoms with van der Waals surface area (Å²) in [6.45, 7) is 2.99. The number of fused-ring (bicyclic) bond motifs is 1. The molecule has 0 unspecified atom stereocenters. The standard InChI is InChI=1S/C28H23FN4O/c29-24-11-9-21(10-12-24)27-28(23-8-4-7-22(19-23)20-5-2-1-3-6-20)33-25(30-27)13-14-26(31-33)32-15-17-34-18-16-32/h1-14,19H,15-18H2. The predicted molar refractivity (Wildman–Crippen MR) is 132 cm³/mol. The van der Waals surface area contributed by atoms with E-state index >= 15 is 0 Å². The van der Waals surface area contributed by atoms with Crippen LogP contribution in [0.1, 0.15) is 0 Å². The summed E-state index contributed by atoms with van der Waals surface area (Å²) in [5.41, 5.74) is 6.51. The lowest BCUT2D eigenvalue weighted by atomic mass is 9.99. The lowest BCUT2D eigenvalue weighted by Crippen LogP contribution is -2.37. The summed E-state index contributed by atoms with van der Waals surface area (Å²) >= 11 is 0. The van der Waals surface area contributed by atoms with E-state index in [1.165, 1.54) is 12.1 Å². The molecule has 2 aromatic heterocycles. The van der Waals surface area contributed by atoms with Crippen molar-refractivity contribution < 1.29 is 9.13 Å². The number of ether oxygens (including phenoxy) is 1. The van der Waals surface area contributed by atoms with Crippen LogP contribution in [0.2, 0.25) is 0 Å². The minimum absolute atomic E-state index is 0.270. The van der Waals surface area contributed by atoms with Gasteiger partial charge in [-0.25, -0.2) is 13.9 Å². The van der Waals surface area contributed by atoms with Gasteiger partial charge in [-0.2, -0.15) is 0 Å². The van der Waals surface area contributed by atoms with E-state index < -0.39 is 0 Å². The van der Waals surface area contributed by atoms with Crippen LogP contribution in [-0.2, 0) is 4.74 Å². The Hall–Kier alpha value is -4.03. The monoisotopic (exact) mass is 450 g/mol. The SMILES string of the molecule is Fc1ccc(-c2nc3ccc(N4CCOCC4)nn3c2-c2cccc(-c3ccccc3)c2)cc1. The molecule has 0 spiro atoms. The number of rotatable bonds is 4. The van der Waals surface area contributed by atoms with Crippen LogP contribution in [0.5, 0.6) is 0 Å². The first kappa shape index (κ1) is 20.6. The Bertz CT molecular complexity index is 1440. The van der Waals surface area contributed by atoms with Gasteiger partial charge < -0.3 is 9.64 Å². The van der Waals surface area contributed by atoms with Crippen molar-refractivity contribution in [2.24, 2.45) is 0 Å². The molecular formula is C28H23FN4O. The maximum absolute atomic E-state index is 13.7. The van der Waals surface area contributed by atoms with Gasteiger partial charge >= 0.3 is 0 Å². The lowest BCUT2D eigenvalue weighted by molar-refractivity contribution is 0.122. The van der Waals surface area contributed by atoms with E-state index in [2.05, 4.69) is 41.3 Å². The molecule has 0 atom stereocenters. The van der Waals surface area contributed by atoms with Gasteiger partial charge in [0.15, 0.2) is 5.65 Å². The van der Waals surface area contributed by atoms with Crippen LogP contribution in [0.4, 0.5) is 10.2 Å². The number of imidazole rings is 1. The van der Waals surface area contributed by atoms with Crippen LogP contribution in [0.3, 0.4) is 0 Å². The summed E-state index contributed by atoms with van der Waals surface area (Å²) in [7, 11) is 0. The van der Waals surface area contributed by atoms with Gasteiger partial charge in [0.25, 0.3) is 0 Å². The van der Waals surface area contributed by atoms with Gasteiger partial charge in [-0.1, -0.05) is 48.5 Å². The second-order valence-corrected chi connectivity index (χ2v) is 8.32. The highest BCUT2D eigenvalue weighted by atomic mass is 19.1. The molecule has 1 fully saturated rings. The summed E-state index contributed by atoms with van der Waals surface area (Å²) < 4.78 is 21.1. The number of hydrogen-bond acceptors (Lipinski definition) is 4. The Morgan fingerprint density at radius 2 is 1.44 bits per heavy atom. The zero-order valence-electron chi connectivity index (χ0n) is 18.6. The van der Waals surface area contributed by atoms with E-state index in [9.17, 15) is 4.39 Å². The molecular weight excluding hydrogens is 427 g/mol. The number of halogens is 1. The van der Waals surface area contributed by atoms with E-state index in [4.69, 9.17) is 14.8 Å². The third-order valence-electron chi connectivity index (χ3n) is 6.16. The Kier molecular flexibility index (Phi) is 5.28. The van der Waals surface area contributed by atoms with Gasteiger partial charge in [-0.15, -0.1) is 5.10 Å². The first-order valence-electron chi connectivity index (χ1n) is 11.4. The van der Waals surface area contributed by atoms with E-state index in [1.807, 2.05) is 34.8 Å². The van der Waals surface area contributed by atoms with E-state index in [1.54, 1.807) is 12.1 Å². The molecule has 0 bridgehead atoms. The zero-order valence-corrected chi connectivity index (χ0v) is 18.6. The molecule has 0 amide bonds. The Morgan fingerprint density at radius 1 is 0.706 bits per heavy atom. The minimum Gasteiger partial charge on any atom is -0.378 e. The summed E-state index contributed by atoms with van der Waals surface area (Å²) in [5, 5.41) is 4.99. The van der Waals surface area contributed by atoms with Crippen LogP contribution in [0.15, 0.2) is 91.0 Å². The molecule has 3 heterocycles. The first-order valence-corrected chi connectivity index (χ1v) is 11.4. The maximum Gasteiger partial charge on any atom is 0.155 e. The highest BCUT2D eigenvalue weighted by molar-refractivity contribution is 5.84. The third-order valence-corrected chi connectivity index (χ3v) is 6.16. The van der Waals surface area contributed by atoms with Crippen molar-refractivity contribution in [1.82, 2.24) is 14.6 Å². The van der Waals surface area contributed by atoms with Crippen LogP contribution < -0.4 is 4.90 Å². The van der Waals surface area contributed by atoms with Crippen LogP contribution >= 0.6 is 0 Å². The number of aromatic nitrogens is 3. The fourth-order valence-electron chi connectivity index (χ4n) is 4.43. The van der Waals surface area contributed by atoms with Crippen molar-refractivity contribution in [1.29, 1.82) is 0 Å². The number of hydrogen-bond donors (Lipinski definition) is 0. The highest BCUT2D eigenvalue weighted by Gasteiger charge is 2.20. The normalized spacial score (nSPS) is 14.0. The van der Waals surface area contributed by atoms with Crippen LogP contribution in [0, 0.1) is 5.82 Å². The smallest absolute Gasteiger partial charge is 0.155 e. The molecule has 6 rings (SSSR count). The topological polar surface area (TPSA) is 42.7 Å². The van der Waals surface area contributed by atoms with Crippen molar-refractivity contribution in [3.05, 3.63) is 96.8 Å². The number of anilines is 1. The van der Waals surface area contributed by atoms with Gasteiger partial charge in [0.05, 0.1) is 18.9 Å².